The number of nitrogens with two attached hydrogens (primary N) is 1. The van der Waals surface area contributed by atoms with Crippen LogP contribution >= 0.6 is 0 Å². The molecule has 7 rings (SSSR count). The lowest BCUT2D eigenvalue weighted by Crippen LogP contribution is -2.45. The summed E-state index contributed by atoms with van der Waals surface area (Å²) in [7, 11) is 0. The first-order valence-corrected chi connectivity index (χ1v) is 13.0. The van der Waals surface area contributed by atoms with E-state index in [0.29, 0.717) is 6.04 Å². The minimum absolute atomic E-state index is 0.189. The van der Waals surface area contributed by atoms with Gasteiger partial charge in [0.05, 0.1) is 17.1 Å². The number of imidazole rings is 1. The summed E-state index contributed by atoms with van der Waals surface area (Å²) in [5.74, 6) is 9.27. The zero-order valence-electron chi connectivity index (χ0n) is 19.8. The third kappa shape index (κ3) is 3.30. The van der Waals surface area contributed by atoms with Crippen molar-refractivity contribution in [3.8, 4) is 0 Å². The lowest BCUT2D eigenvalue weighted by atomic mass is 9.92. The maximum atomic E-state index is 6.68. The predicted molar refractivity (Wildman–Crippen MR) is 138 cm³/mol. The molecule has 1 aromatic heterocycles. The number of aromatic nitrogens is 2. The molecule has 3 unspecified atom stereocenters. The molecule has 3 aliphatic heterocycles. The van der Waals surface area contributed by atoms with Crippen LogP contribution in [0.3, 0.4) is 0 Å². The van der Waals surface area contributed by atoms with E-state index >= 15 is 0 Å². The topological polar surface area (TPSA) is 62.4 Å². The van der Waals surface area contributed by atoms with Crippen molar-refractivity contribution in [2.75, 3.05) is 36.9 Å². The van der Waals surface area contributed by atoms with E-state index in [2.05, 4.69) is 64.2 Å². The average Bonchev–Trinajstić information content (AvgIpc) is 3.29. The van der Waals surface area contributed by atoms with Crippen molar-refractivity contribution >= 4 is 22.4 Å². The van der Waals surface area contributed by atoms with Gasteiger partial charge in [0.1, 0.15) is 0 Å². The van der Waals surface area contributed by atoms with Crippen LogP contribution in [0.25, 0.3) is 16.7 Å². The summed E-state index contributed by atoms with van der Waals surface area (Å²) in [6.07, 6.45) is 6.20. The van der Waals surface area contributed by atoms with E-state index in [0.717, 1.165) is 72.6 Å². The van der Waals surface area contributed by atoms with Crippen molar-refractivity contribution in [1.29, 1.82) is 0 Å². The van der Waals surface area contributed by atoms with Crippen molar-refractivity contribution in [3.05, 3.63) is 66.0 Å². The van der Waals surface area contributed by atoms with Gasteiger partial charge in [0, 0.05) is 43.5 Å². The number of nitrogens with zero attached hydrogens (tertiary/aromatic N) is 4. The van der Waals surface area contributed by atoms with Crippen LogP contribution in [-0.2, 0) is 6.42 Å². The highest BCUT2D eigenvalue weighted by Gasteiger charge is 2.37. The molecule has 3 aromatic rings. The fourth-order valence-corrected chi connectivity index (χ4v) is 6.48. The molecule has 0 radical (unpaired) electrons. The number of nitrogen functional groups attached to an aromatic ring is 1. The molecule has 2 saturated heterocycles. The zero-order chi connectivity index (χ0) is 22.8. The number of rotatable bonds is 5. The van der Waals surface area contributed by atoms with Crippen molar-refractivity contribution < 1.29 is 0 Å². The number of hydrogen-bond donors (Lipinski definition) is 2. The van der Waals surface area contributed by atoms with Gasteiger partial charge in [-0.25, -0.2) is 9.66 Å². The van der Waals surface area contributed by atoms with Crippen molar-refractivity contribution in [3.63, 3.8) is 0 Å². The molecule has 176 valence electrons. The van der Waals surface area contributed by atoms with Gasteiger partial charge in [0.15, 0.2) is 5.82 Å². The van der Waals surface area contributed by atoms with Crippen molar-refractivity contribution in [2.45, 2.75) is 44.2 Å². The summed E-state index contributed by atoms with van der Waals surface area (Å²) in [4.78, 5) is 10.1. The first-order valence-electron chi connectivity index (χ1n) is 13.0. The summed E-state index contributed by atoms with van der Waals surface area (Å²) in [6, 6.07) is 16.1. The number of likely N-dealkylation sites (tertiary alicyclic amines) is 1. The minimum atomic E-state index is 0.189. The summed E-state index contributed by atoms with van der Waals surface area (Å²) >= 11 is 0. The molecule has 3 atom stereocenters. The Balaban J connectivity index is 1.19. The normalized spacial score (nSPS) is 26.2. The molecule has 6 heteroatoms. The number of piperidine rings is 1. The molecule has 3 fully saturated rings. The first-order chi connectivity index (χ1) is 16.7. The standard InChI is InChI=1S/C28H34N6/c1-18(32-13-11-20-10-12-30-24(20)17-32)21-8-9-26-23(14-21)31-28(34(26)29)27-15-22-4-2-3-5-25(22)33(27)16-19-6-7-19/h2-5,8-9,14,19-20,24,27,30H,1,6-7,10-13,15-17,29H2. The number of hydrogen-bond acceptors (Lipinski definition) is 5. The van der Waals surface area contributed by atoms with Gasteiger partial charge >= 0.3 is 0 Å². The molecule has 4 aliphatic rings. The van der Waals surface area contributed by atoms with E-state index < -0.39 is 0 Å². The Morgan fingerprint density at radius 1 is 1.12 bits per heavy atom. The second-order valence-corrected chi connectivity index (χ2v) is 10.8. The zero-order valence-corrected chi connectivity index (χ0v) is 19.8. The Morgan fingerprint density at radius 2 is 2.00 bits per heavy atom. The van der Waals surface area contributed by atoms with Crippen LogP contribution < -0.4 is 16.1 Å². The largest absolute Gasteiger partial charge is 0.370 e. The molecule has 1 aliphatic carbocycles. The lowest BCUT2D eigenvalue weighted by molar-refractivity contribution is 0.231. The fraction of sp³-hybridized carbons (Fsp3) is 0.464. The number of fused-ring (bicyclic) bond motifs is 3. The average molecular weight is 455 g/mol. The number of benzene rings is 2. The predicted octanol–water partition coefficient (Wildman–Crippen LogP) is 3.92. The first kappa shape index (κ1) is 20.4. The summed E-state index contributed by atoms with van der Waals surface area (Å²) in [5, 5.41) is 3.68. The Morgan fingerprint density at radius 3 is 2.88 bits per heavy atom. The van der Waals surface area contributed by atoms with E-state index in [-0.39, 0.29) is 6.04 Å². The molecule has 34 heavy (non-hydrogen) atoms. The maximum Gasteiger partial charge on any atom is 0.151 e. The highest BCUT2D eigenvalue weighted by Crippen LogP contribution is 2.43. The molecule has 1 saturated carbocycles. The molecular formula is C28H34N6. The Labute approximate surface area is 201 Å². The molecule has 3 N–H and O–H groups in total. The fourth-order valence-electron chi connectivity index (χ4n) is 6.48. The number of anilines is 1. The van der Waals surface area contributed by atoms with Crippen LogP contribution in [0.5, 0.6) is 0 Å². The molecule has 6 nitrogen and oxygen atoms in total. The third-order valence-electron chi connectivity index (χ3n) is 8.65. The number of para-hydroxylation sites is 1. The van der Waals surface area contributed by atoms with Gasteiger partial charge in [-0.15, -0.1) is 0 Å². The summed E-state index contributed by atoms with van der Waals surface area (Å²) in [6.45, 7) is 8.87. The van der Waals surface area contributed by atoms with Gasteiger partial charge in [-0.1, -0.05) is 30.8 Å². The van der Waals surface area contributed by atoms with E-state index in [4.69, 9.17) is 10.8 Å². The van der Waals surface area contributed by atoms with Crippen LogP contribution in [0.2, 0.25) is 0 Å². The summed E-state index contributed by atoms with van der Waals surface area (Å²) in [5.41, 5.74) is 6.96. The molecule has 0 spiro atoms. The Kier molecular flexibility index (Phi) is 4.66. The molecule has 4 heterocycles. The second kappa shape index (κ2) is 7.77. The Bertz CT molecular complexity index is 1260. The monoisotopic (exact) mass is 454 g/mol. The van der Waals surface area contributed by atoms with E-state index in [1.54, 1.807) is 0 Å². The lowest BCUT2D eigenvalue weighted by Gasteiger charge is -2.37. The maximum absolute atomic E-state index is 6.68. The van der Waals surface area contributed by atoms with Gasteiger partial charge in [0.2, 0.25) is 0 Å². The van der Waals surface area contributed by atoms with E-state index in [1.807, 2.05) is 4.68 Å². The van der Waals surface area contributed by atoms with Gasteiger partial charge in [-0.05, 0) is 73.4 Å². The second-order valence-electron chi connectivity index (χ2n) is 10.8. The molecule has 2 aromatic carbocycles. The van der Waals surface area contributed by atoms with E-state index in [1.165, 1.54) is 36.9 Å². The van der Waals surface area contributed by atoms with Crippen molar-refractivity contribution in [2.24, 2.45) is 11.8 Å². The van der Waals surface area contributed by atoms with Crippen LogP contribution in [0.15, 0.2) is 49.0 Å². The molecular weight excluding hydrogens is 420 g/mol. The van der Waals surface area contributed by atoms with Crippen LogP contribution in [-0.4, -0.2) is 46.8 Å². The highest BCUT2D eigenvalue weighted by atomic mass is 15.4. The van der Waals surface area contributed by atoms with Crippen LogP contribution in [0, 0.1) is 11.8 Å². The van der Waals surface area contributed by atoms with Crippen LogP contribution in [0.1, 0.15) is 48.7 Å². The quantitative estimate of drug-likeness (QED) is 0.572. The van der Waals surface area contributed by atoms with Gasteiger partial charge < -0.3 is 21.0 Å². The van der Waals surface area contributed by atoms with E-state index in [9.17, 15) is 0 Å². The third-order valence-corrected chi connectivity index (χ3v) is 8.65. The van der Waals surface area contributed by atoms with Crippen molar-refractivity contribution in [1.82, 2.24) is 19.9 Å². The van der Waals surface area contributed by atoms with Gasteiger partial charge in [0.25, 0.3) is 0 Å². The van der Waals surface area contributed by atoms with Crippen LogP contribution in [0.4, 0.5) is 5.69 Å². The Hall–Kier alpha value is -2.99. The molecule has 0 bridgehead atoms. The van der Waals surface area contributed by atoms with Gasteiger partial charge in [-0.3, -0.25) is 0 Å². The summed E-state index contributed by atoms with van der Waals surface area (Å²) < 4.78 is 1.83. The minimum Gasteiger partial charge on any atom is -0.370 e. The number of nitrogens with one attached hydrogen (secondary N) is 1. The smallest absolute Gasteiger partial charge is 0.151 e. The van der Waals surface area contributed by atoms with Gasteiger partial charge in [-0.2, -0.15) is 0 Å². The highest BCUT2D eigenvalue weighted by molar-refractivity contribution is 5.81. The SMILES string of the molecule is C=C(c1ccc2c(c1)nc(C1Cc3ccccc3N1CC1CC1)n2N)N1CCC2CCNC2C1. The molecule has 0 amide bonds.